The summed E-state index contributed by atoms with van der Waals surface area (Å²) in [6.45, 7) is 5.22. The van der Waals surface area contributed by atoms with E-state index in [1.165, 1.54) is 5.56 Å². The molecule has 0 N–H and O–H groups in total. The van der Waals surface area contributed by atoms with Crippen molar-refractivity contribution in [1.29, 1.82) is 0 Å². The van der Waals surface area contributed by atoms with Gasteiger partial charge in [-0.3, -0.25) is 4.79 Å². The lowest BCUT2D eigenvalue weighted by Crippen LogP contribution is -2.28. The molecule has 2 nitrogen and oxygen atoms in total. The number of hydrogen-bond donors (Lipinski definition) is 0. The minimum atomic E-state index is -0.00695. The topological polar surface area (TPSA) is 20.3 Å². The van der Waals surface area contributed by atoms with Crippen LogP contribution in [-0.2, 0) is 4.79 Å². The first-order valence-electron chi connectivity index (χ1n) is 6.19. The summed E-state index contributed by atoms with van der Waals surface area (Å²) in [5.74, 6) is 0.689. The third kappa shape index (κ3) is 2.39. The largest absolute Gasteiger partial charge is 0.311 e. The van der Waals surface area contributed by atoms with Crippen molar-refractivity contribution >= 4 is 27.5 Å². The first kappa shape index (κ1) is 12.6. The highest BCUT2D eigenvalue weighted by Crippen LogP contribution is 2.33. The van der Waals surface area contributed by atoms with Gasteiger partial charge in [0.1, 0.15) is 0 Å². The van der Waals surface area contributed by atoms with E-state index in [1.807, 2.05) is 11.0 Å². The van der Waals surface area contributed by atoms with Gasteiger partial charge in [0.15, 0.2) is 0 Å². The average Bonchev–Trinajstić information content (AvgIpc) is 2.69. The molecule has 1 fully saturated rings. The molecule has 92 valence electrons. The number of alkyl halides is 1. The van der Waals surface area contributed by atoms with E-state index in [0.29, 0.717) is 5.92 Å². The highest BCUT2D eigenvalue weighted by atomic mass is 79.9. The Kier molecular flexibility index (Phi) is 3.87. The number of nitrogens with zero attached hydrogens (tertiary/aromatic N) is 1. The van der Waals surface area contributed by atoms with Crippen molar-refractivity contribution in [2.45, 2.75) is 37.4 Å². The Labute approximate surface area is 111 Å². The summed E-state index contributed by atoms with van der Waals surface area (Å²) < 4.78 is 0. The molecule has 1 saturated heterocycles. The molecule has 0 aliphatic carbocycles. The second-order valence-corrected chi connectivity index (χ2v) is 5.72. The molecule has 1 aliphatic rings. The Hall–Kier alpha value is -0.830. The third-order valence-corrected chi connectivity index (χ3v) is 4.36. The lowest BCUT2D eigenvalue weighted by atomic mass is 9.96. The standard InChI is InChI=1S/C14H18BrNO/c1-3-10(2)11-6-4-5-7-13(11)16-9-8-12(15)14(16)17/h4-7,10,12H,3,8-9H2,1-2H3. The summed E-state index contributed by atoms with van der Waals surface area (Å²) in [5, 5.41) is 0. The van der Waals surface area contributed by atoms with Crippen molar-refractivity contribution in [2.75, 3.05) is 11.4 Å². The predicted octanol–water partition coefficient (Wildman–Crippen LogP) is 3.70. The minimum absolute atomic E-state index is 0.00695. The summed E-state index contributed by atoms with van der Waals surface area (Å²) in [6, 6.07) is 8.26. The minimum Gasteiger partial charge on any atom is -0.311 e. The zero-order chi connectivity index (χ0) is 12.4. The van der Waals surface area contributed by atoms with Gasteiger partial charge in [-0.1, -0.05) is 48.0 Å². The molecule has 1 aromatic rings. The van der Waals surface area contributed by atoms with Crippen LogP contribution in [0.25, 0.3) is 0 Å². The van der Waals surface area contributed by atoms with Crippen LogP contribution < -0.4 is 4.90 Å². The molecule has 0 bridgehead atoms. The van der Waals surface area contributed by atoms with Gasteiger partial charge in [-0.15, -0.1) is 0 Å². The van der Waals surface area contributed by atoms with Gasteiger partial charge in [-0.2, -0.15) is 0 Å². The quantitative estimate of drug-likeness (QED) is 0.779. The summed E-state index contributed by atoms with van der Waals surface area (Å²) in [4.78, 5) is 14.0. The summed E-state index contributed by atoms with van der Waals surface area (Å²) >= 11 is 3.43. The third-order valence-electron chi connectivity index (χ3n) is 3.51. The number of carbonyl (C=O) groups is 1. The van der Waals surface area contributed by atoms with Crippen molar-refractivity contribution in [3.05, 3.63) is 29.8 Å². The molecule has 0 aromatic heterocycles. The van der Waals surface area contributed by atoms with Gasteiger partial charge < -0.3 is 4.90 Å². The highest BCUT2D eigenvalue weighted by molar-refractivity contribution is 9.10. The zero-order valence-electron chi connectivity index (χ0n) is 10.3. The van der Waals surface area contributed by atoms with Crippen molar-refractivity contribution in [3.8, 4) is 0 Å². The van der Waals surface area contributed by atoms with Crippen LogP contribution in [0.1, 0.15) is 38.2 Å². The normalized spacial score (nSPS) is 21.9. The lowest BCUT2D eigenvalue weighted by molar-refractivity contribution is -0.116. The first-order chi connectivity index (χ1) is 8.15. The number of amides is 1. The number of hydrogen-bond acceptors (Lipinski definition) is 1. The van der Waals surface area contributed by atoms with Gasteiger partial charge in [0, 0.05) is 12.2 Å². The molecule has 1 heterocycles. The van der Waals surface area contributed by atoms with E-state index in [9.17, 15) is 4.79 Å². The predicted molar refractivity (Wildman–Crippen MR) is 74.8 cm³/mol. The number of carbonyl (C=O) groups excluding carboxylic acids is 1. The molecule has 0 saturated carbocycles. The molecule has 2 unspecified atom stereocenters. The Morgan fingerprint density at radius 3 is 2.76 bits per heavy atom. The number of para-hydroxylation sites is 1. The fourth-order valence-electron chi connectivity index (χ4n) is 2.25. The second kappa shape index (κ2) is 5.21. The molecule has 17 heavy (non-hydrogen) atoms. The maximum absolute atomic E-state index is 12.0. The Balaban J connectivity index is 2.35. The number of halogens is 1. The molecule has 0 radical (unpaired) electrons. The Bertz CT molecular complexity index is 418. The molecule has 1 aliphatic heterocycles. The van der Waals surface area contributed by atoms with Crippen LogP contribution in [0.3, 0.4) is 0 Å². The van der Waals surface area contributed by atoms with Crippen molar-refractivity contribution < 1.29 is 4.79 Å². The molecular weight excluding hydrogens is 278 g/mol. The Morgan fingerprint density at radius 2 is 2.18 bits per heavy atom. The Morgan fingerprint density at radius 1 is 1.47 bits per heavy atom. The van der Waals surface area contributed by atoms with Crippen LogP contribution in [0, 0.1) is 0 Å². The van der Waals surface area contributed by atoms with Crippen LogP contribution in [0.4, 0.5) is 5.69 Å². The first-order valence-corrected chi connectivity index (χ1v) is 7.11. The summed E-state index contributed by atoms with van der Waals surface area (Å²) in [7, 11) is 0. The molecule has 2 atom stereocenters. The number of rotatable bonds is 3. The number of benzene rings is 1. The van der Waals surface area contributed by atoms with Crippen LogP contribution >= 0.6 is 15.9 Å². The number of anilines is 1. The zero-order valence-corrected chi connectivity index (χ0v) is 11.9. The fraction of sp³-hybridized carbons (Fsp3) is 0.500. The van der Waals surface area contributed by atoms with E-state index < -0.39 is 0 Å². The maximum atomic E-state index is 12.0. The fourth-order valence-corrected chi connectivity index (χ4v) is 2.71. The van der Waals surface area contributed by atoms with E-state index in [0.717, 1.165) is 25.1 Å². The molecule has 1 amide bonds. The monoisotopic (exact) mass is 295 g/mol. The second-order valence-electron chi connectivity index (χ2n) is 4.61. The lowest BCUT2D eigenvalue weighted by Gasteiger charge is -2.22. The maximum Gasteiger partial charge on any atom is 0.240 e. The molecule has 0 spiro atoms. The van der Waals surface area contributed by atoms with E-state index >= 15 is 0 Å². The molecule has 3 heteroatoms. The van der Waals surface area contributed by atoms with Gasteiger partial charge in [0.05, 0.1) is 4.83 Å². The highest BCUT2D eigenvalue weighted by Gasteiger charge is 2.31. The SMILES string of the molecule is CCC(C)c1ccccc1N1CCC(Br)C1=O. The van der Waals surface area contributed by atoms with Gasteiger partial charge in [-0.25, -0.2) is 0 Å². The average molecular weight is 296 g/mol. The van der Waals surface area contributed by atoms with Gasteiger partial charge in [0.2, 0.25) is 5.91 Å². The smallest absolute Gasteiger partial charge is 0.240 e. The van der Waals surface area contributed by atoms with E-state index in [2.05, 4.69) is 48.0 Å². The van der Waals surface area contributed by atoms with Crippen molar-refractivity contribution in [1.82, 2.24) is 0 Å². The summed E-state index contributed by atoms with van der Waals surface area (Å²) in [6.07, 6.45) is 1.99. The van der Waals surface area contributed by atoms with E-state index in [-0.39, 0.29) is 10.7 Å². The summed E-state index contributed by atoms with van der Waals surface area (Å²) in [5.41, 5.74) is 2.37. The van der Waals surface area contributed by atoms with Gasteiger partial charge >= 0.3 is 0 Å². The van der Waals surface area contributed by atoms with E-state index in [4.69, 9.17) is 0 Å². The van der Waals surface area contributed by atoms with Crippen LogP contribution in [0.2, 0.25) is 0 Å². The van der Waals surface area contributed by atoms with Crippen molar-refractivity contribution in [3.63, 3.8) is 0 Å². The molecule has 1 aromatic carbocycles. The van der Waals surface area contributed by atoms with Crippen LogP contribution in [0.15, 0.2) is 24.3 Å². The van der Waals surface area contributed by atoms with Gasteiger partial charge in [0.25, 0.3) is 0 Å². The van der Waals surface area contributed by atoms with Gasteiger partial charge in [-0.05, 0) is 30.4 Å². The molecule has 2 rings (SSSR count). The van der Waals surface area contributed by atoms with E-state index in [1.54, 1.807) is 0 Å². The molecular formula is C14H18BrNO. The van der Waals surface area contributed by atoms with Crippen LogP contribution in [-0.4, -0.2) is 17.3 Å². The van der Waals surface area contributed by atoms with Crippen molar-refractivity contribution in [2.24, 2.45) is 0 Å². The van der Waals surface area contributed by atoms with Crippen LogP contribution in [0.5, 0.6) is 0 Å².